The maximum absolute atomic E-state index is 11.5. The van der Waals surface area contributed by atoms with E-state index in [2.05, 4.69) is 5.32 Å². The number of carboxylic acids is 1. The molecular formula is C18H19NO5. The molecule has 24 heavy (non-hydrogen) atoms. The van der Waals surface area contributed by atoms with E-state index in [-0.39, 0.29) is 6.42 Å². The molecule has 0 saturated carbocycles. The lowest BCUT2D eigenvalue weighted by atomic mass is 10.1. The lowest BCUT2D eigenvalue weighted by Gasteiger charge is -2.22. The second kappa shape index (κ2) is 8.69. The first-order chi connectivity index (χ1) is 11.6. The smallest absolute Gasteiger partial charge is 0.333 e. The Morgan fingerprint density at radius 2 is 1.83 bits per heavy atom. The summed E-state index contributed by atoms with van der Waals surface area (Å²) in [4.78, 5) is 22.4. The van der Waals surface area contributed by atoms with Gasteiger partial charge < -0.3 is 19.9 Å². The van der Waals surface area contributed by atoms with E-state index in [1.54, 1.807) is 31.4 Å². The third-order valence-corrected chi connectivity index (χ3v) is 3.48. The van der Waals surface area contributed by atoms with Crippen LogP contribution in [0.15, 0.2) is 54.6 Å². The van der Waals surface area contributed by atoms with Gasteiger partial charge in [-0.25, -0.2) is 4.79 Å². The van der Waals surface area contributed by atoms with Gasteiger partial charge in [-0.15, -0.1) is 0 Å². The molecule has 0 radical (unpaired) electrons. The van der Waals surface area contributed by atoms with Crippen molar-refractivity contribution in [3.63, 3.8) is 0 Å². The van der Waals surface area contributed by atoms with Gasteiger partial charge in [-0.2, -0.15) is 0 Å². The molecule has 0 spiro atoms. The van der Waals surface area contributed by atoms with E-state index in [0.29, 0.717) is 17.7 Å². The van der Waals surface area contributed by atoms with Gasteiger partial charge in [0, 0.05) is 12.0 Å². The molecule has 6 nitrogen and oxygen atoms in total. The molecule has 0 aliphatic rings. The minimum absolute atomic E-state index is 0.198. The number of rotatable bonds is 9. The van der Waals surface area contributed by atoms with Gasteiger partial charge in [0.2, 0.25) is 6.41 Å². The van der Waals surface area contributed by atoms with E-state index in [1.807, 2.05) is 30.3 Å². The summed E-state index contributed by atoms with van der Waals surface area (Å²) in [5.41, 5.74) is 1.46. The molecule has 2 rings (SSSR count). The predicted octanol–water partition coefficient (Wildman–Crippen LogP) is 2.15. The van der Waals surface area contributed by atoms with Gasteiger partial charge in [0.05, 0.1) is 7.11 Å². The molecule has 0 aromatic heterocycles. The molecule has 1 amide bonds. The summed E-state index contributed by atoms with van der Waals surface area (Å²) in [7, 11) is 1.55. The molecule has 0 aliphatic carbocycles. The first-order valence-electron chi connectivity index (χ1n) is 7.40. The highest BCUT2D eigenvalue weighted by molar-refractivity contribution is 5.72. The molecule has 126 valence electrons. The van der Waals surface area contributed by atoms with E-state index in [4.69, 9.17) is 9.47 Å². The summed E-state index contributed by atoms with van der Waals surface area (Å²) in [5, 5.41) is 11.9. The van der Waals surface area contributed by atoms with Crippen molar-refractivity contribution >= 4 is 12.4 Å². The van der Waals surface area contributed by atoms with Crippen LogP contribution in [0.1, 0.15) is 17.4 Å². The van der Waals surface area contributed by atoms with Crippen molar-refractivity contribution in [2.75, 3.05) is 7.11 Å². The Kier molecular flexibility index (Phi) is 6.33. The van der Waals surface area contributed by atoms with Crippen LogP contribution in [-0.4, -0.2) is 30.7 Å². The molecule has 0 aliphatic heterocycles. The summed E-state index contributed by atoms with van der Waals surface area (Å²) >= 11 is 0. The number of hydrogen-bond acceptors (Lipinski definition) is 4. The Bertz CT molecular complexity index is 657. The van der Waals surface area contributed by atoms with E-state index < -0.39 is 18.3 Å². The van der Waals surface area contributed by atoms with Crippen LogP contribution in [0.2, 0.25) is 0 Å². The number of carbonyl (C=O) groups is 2. The lowest BCUT2D eigenvalue weighted by Crippen LogP contribution is -2.33. The maximum Gasteiger partial charge on any atom is 0.333 e. The van der Waals surface area contributed by atoms with E-state index >= 15 is 0 Å². The van der Waals surface area contributed by atoms with Gasteiger partial charge in [0.15, 0.2) is 12.3 Å². The Hall–Kier alpha value is -2.86. The topological polar surface area (TPSA) is 84.9 Å². The molecule has 2 aromatic carbocycles. The predicted molar refractivity (Wildman–Crippen MR) is 87.6 cm³/mol. The third kappa shape index (κ3) is 4.82. The molecule has 2 unspecified atom stereocenters. The van der Waals surface area contributed by atoms with Gasteiger partial charge in [-0.05, 0) is 17.7 Å². The fourth-order valence-electron chi connectivity index (χ4n) is 2.24. The van der Waals surface area contributed by atoms with E-state index in [9.17, 15) is 14.7 Å². The number of ether oxygens (including phenoxy) is 2. The number of nitrogens with one attached hydrogen (secondary N) is 1. The van der Waals surface area contributed by atoms with Gasteiger partial charge in [-0.1, -0.05) is 42.5 Å². The number of hydrogen-bond donors (Lipinski definition) is 2. The van der Waals surface area contributed by atoms with Gasteiger partial charge >= 0.3 is 5.97 Å². The summed E-state index contributed by atoms with van der Waals surface area (Å²) < 4.78 is 10.7. The van der Waals surface area contributed by atoms with Crippen LogP contribution < -0.4 is 10.1 Å². The van der Waals surface area contributed by atoms with Crippen LogP contribution in [0.25, 0.3) is 0 Å². The average molecular weight is 329 g/mol. The number of methoxy groups -OCH3 is 1. The fraction of sp³-hybridized carbons (Fsp3) is 0.222. The number of benzene rings is 2. The monoisotopic (exact) mass is 329 g/mol. The summed E-state index contributed by atoms with van der Waals surface area (Å²) in [6.07, 6.45) is -1.27. The normalized spacial score (nSPS) is 12.9. The Labute approximate surface area is 140 Å². The molecule has 2 aromatic rings. The first kappa shape index (κ1) is 17.5. The van der Waals surface area contributed by atoms with E-state index in [0.717, 1.165) is 5.56 Å². The number of aliphatic carboxylic acids is 1. The lowest BCUT2D eigenvalue weighted by molar-refractivity contribution is -0.156. The second-order valence-corrected chi connectivity index (χ2v) is 5.09. The Morgan fingerprint density at radius 1 is 1.17 bits per heavy atom. The molecule has 2 N–H and O–H groups in total. The third-order valence-electron chi connectivity index (χ3n) is 3.48. The zero-order chi connectivity index (χ0) is 17.4. The molecule has 0 bridgehead atoms. The highest BCUT2D eigenvalue weighted by Crippen LogP contribution is 2.21. The quantitative estimate of drug-likeness (QED) is 0.544. The van der Waals surface area contributed by atoms with Gasteiger partial charge in [0.25, 0.3) is 0 Å². The number of carbonyl (C=O) groups excluding carboxylic acids is 1. The largest absolute Gasteiger partial charge is 0.497 e. The number of carboxylic acid groups (broad SMARTS) is 1. The van der Waals surface area contributed by atoms with Crippen molar-refractivity contribution in [1.29, 1.82) is 0 Å². The zero-order valence-electron chi connectivity index (χ0n) is 13.2. The molecule has 0 heterocycles. The van der Waals surface area contributed by atoms with Crippen LogP contribution in [0.3, 0.4) is 0 Å². The van der Waals surface area contributed by atoms with Gasteiger partial charge in [-0.3, -0.25) is 4.79 Å². The number of amides is 1. The van der Waals surface area contributed by atoms with Crippen LogP contribution in [0.4, 0.5) is 0 Å². The first-order valence-corrected chi connectivity index (χ1v) is 7.40. The highest BCUT2D eigenvalue weighted by atomic mass is 16.5. The maximum atomic E-state index is 11.5. The molecule has 0 fully saturated rings. The highest BCUT2D eigenvalue weighted by Gasteiger charge is 2.24. The standard InChI is InChI=1S/C18H19NO5/c1-23-15-9-7-14(8-10-15)17(19-12-20)24-16(18(21)22)11-13-5-3-2-4-6-13/h2-10,12,16-17H,11H2,1H3,(H,19,20)(H,21,22). The van der Waals surface area contributed by atoms with Gasteiger partial charge in [0.1, 0.15) is 5.75 Å². The van der Waals surface area contributed by atoms with Crippen LogP contribution in [0, 0.1) is 0 Å². The minimum atomic E-state index is -1.09. The van der Waals surface area contributed by atoms with Crippen molar-refractivity contribution < 1.29 is 24.2 Å². The Morgan fingerprint density at radius 3 is 2.38 bits per heavy atom. The second-order valence-electron chi connectivity index (χ2n) is 5.09. The van der Waals surface area contributed by atoms with Crippen molar-refractivity contribution in [2.45, 2.75) is 18.8 Å². The summed E-state index contributed by atoms with van der Waals surface area (Å²) in [6.45, 7) is 0. The summed E-state index contributed by atoms with van der Waals surface area (Å²) in [6, 6.07) is 16.0. The van der Waals surface area contributed by atoms with Crippen molar-refractivity contribution in [3.05, 3.63) is 65.7 Å². The van der Waals surface area contributed by atoms with Crippen LogP contribution in [0.5, 0.6) is 5.75 Å². The van der Waals surface area contributed by atoms with Crippen molar-refractivity contribution in [1.82, 2.24) is 5.32 Å². The summed E-state index contributed by atoms with van der Waals surface area (Å²) in [5.74, 6) is -0.437. The van der Waals surface area contributed by atoms with Crippen LogP contribution >= 0.6 is 0 Å². The molecule has 6 heteroatoms. The van der Waals surface area contributed by atoms with E-state index in [1.165, 1.54) is 0 Å². The molecule has 0 saturated heterocycles. The van der Waals surface area contributed by atoms with Crippen molar-refractivity contribution in [3.8, 4) is 5.75 Å². The fourth-order valence-corrected chi connectivity index (χ4v) is 2.24. The SMILES string of the molecule is COc1ccc(C(NC=O)OC(Cc2ccccc2)C(=O)O)cc1. The molecular weight excluding hydrogens is 310 g/mol. The van der Waals surface area contributed by atoms with Crippen molar-refractivity contribution in [2.24, 2.45) is 0 Å². The minimum Gasteiger partial charge on any atom is -0.497 e. The Balaban J connectivity index is 2.15. The average Bonchev–Trinajstić information content (AvgIpc) is 2.61. The molecule has 2 atom stereocenters. The zero-order valence-corrected chi connectivity index (χ0v) is 13.2. The van der Waals surface area contributed by atoms with Crippen LogP contribution in [-0.2, 0) is 20.7 Å².